The molecule has 0 saturated carbocycles. The molecule has 0 unspecified atom stereocenters. The maximum Gasteiger partial charge on any atom is 0.446 e. The lowest BCUT2D eigenvalue weighted by Crippen LogP contribution is -2.02. The lowest BCUT2D eigenvalue weighted by molar-refractivity contribution is -0.0328. The number of anilines is 1. The van der Waals surface area contributed by atoms with Crippen molar-refractivity contribution in [2.45, 2.75) is 16.9 Å². The fraction of sp³-hybridized carbons (Fsp3) is 0.154. The van der Waals surface area contributed by atoms with Crippen LogP contribution in [-0.2, 0) is 6.54 Å². The highest BCUT2D eigenvalue weighted by Crippen LogP contribution is 2.36. The molecule has 20 heavy (non-hydrogen) atoms. The number of nitrogens with one attached hydrogen (secondary N) is 1. The van der Waals surface area contributed by atoms with E-state index in [-0.39, 0.29) is 16.7 Å². The van der Waals surface area contributed by atoms with Crippen LogP contribution in [0, 0.1) is 0 Å². The maximum atomic E-state index is 12.2. The number of alkyl halides is 3. The molecule has 1 heterocycles. The van der Waals surface area contributed by atoms with Gasteiger partial charge in [-0.2, -0.15) is 13.2 Å². The molecule has 0 spiro atoms. The molecule has 1 N–H and O–H groups in total. The fourth-order valence-corrected chi connectivity index (χ4v) is 2.21. The number of pyridine rings is 1. The molecule has 0 bridgehead atoms. The van der Waals surface area contributed by atoms with E-state index in [1.807, 2.05) is 0 Å². The summed E-state index contributed by atoms with van der Waals surface area (Å²) in [6.45, 7) is 0.463. The molecule has 0 radical (unpaired) electrons. The average molecular weight is 319 g/mol. The third kappa shape index (κ3) is 4.94. The normalized spacial score (nSPS) is 11.4. The van der Waals surface area contributed by atoms with Gasteiger partial charge in [-0.3, -0.25) is 0 Å². The molecule has 1 aromatic carbocycles. The van der Waals surface area contributed by atoms with Crippen LogP contribution in [0.15, 0.2) is 47.4 Å². The van der Waals surface area contributed by atoms with Crippen LogP contribution in [-0.4, -0.2) is 10.5 Å². The number of benzene rings is 1. The summed E-state index contributed by atoms with van der Waals surface area (Å²) in [5.41, 5.74) is -3.40. The highest BCUT2D eigenvalue weighted by molar-refractivity contribution is 8.00. The predicted molar refractivity (Wildman–Crippen MR) is 74.9 cm³/mol. The zero-order valence-corrected chi connectivity index (χ0v) is 11.7. The SMILES string of the molecule is FC(F)(F)Sc1ccc(CNc2cccc(Cl)n2)cc1. The van der Waals surface area contributed by atoms with Gasteiger partial charge in [0.05, 0.1) is 0 Å². The molecule has 0 aliphatic rings. The van der Waals surface area contributed by atoms with Crippen molar-refractivity contribution >= 4 is 29.2 Å². The Morgan fingerprint density at radius 3 is 2.40 bits per heavy atom. The number of halogens is 4. The van der Waals surface area contributed by atoms with Gasteiger partial charge in [0.1, 0.15) is 11.0 Å². The fourth-order valence-electron chi connectivity index (χ4n) is 1.51. The highest BCUT2D eigenvalue weighted by atomic mass is 35.5. The first-order valence-corrected chi connectivity index (χ1v) is 6.83. The summed E-state index contributed by atoms with van der Waals surface area (Å²) in [6, 6.07) is 11.4. The van der Waals surface area contributed by atoms with Crippen LogP contribution < -0.4 is 5.32 Å². The Balaban J connectivity index is 1.94. The van der Waals surface area contributed by atoms with E-state index in [1.54, 1.807) is 30.3 Å². The van der Waals surface area contributed by atoms with Crippen LogP contribution in [0.5, 0.6) is 0 Å². The minimum Gasteiger partial charge on any atom is -0.366 e. The molecule has 2 aromatic rings. The first-order valence-electron chi connectivity index (χ1n) is 5.63. The summed E-state index contributed by atoms with van der Waals surface area (Å²) in [5.74, 6) is 0.617. The Morgan fingerprint density at radius 2 is 1.80 bits per heavy atom. The molecule has 0 aliphatic carbocycles. The van der Waals surface area contributed by atoms with E-state index < -0.39 is 5.51 Å². The number of hydrogen-bond donors (Lipinski definition) is 1. The molecule has 0 saturated heterocycles. The second-order valence-electron chi connectivity index (χ2n) is 3.89. The van der Waals surface area contributed by atoms with E-state index >= 15 is 0 Å². The Kier molecular flexibility index (Phi) is 4.77. The molecule has 0 fully saturated rings. The van der Waals surface area contributed by atoms with Gasteiger partial charge in [0.2, 0.25) is 0 Å². The van der Waals surface area contributed by atoms with Gasteiger partial charge < -0.3 is 5.32 Å². The summed E-state index contributed by atoms with van der Waals surface area (Å²) >= 11 is 5.62. The van der Waals surface area contributed by atoms with Gasteiger partial charge in [-0.15, -0.1) is 0 Å². The number of aromatic nitrogens is 1. The molecule has 1 aromatic heterocycles. The van der Waals surface area contributed by atoms with Crippen molar-refractivity contribution < 1.29 is 13.2 Å². The average Bonchev–Trinajstić information content (AvgIpc) is 2.36. The lowest BCUT2D eigenvalue weighted by Gasteiger charge is -2.08. The van der Waals surface area contributed by atoms with E-state index in [0.717, 1.165) is 5.56 Å². The van der Waals surface area contributed by atoms with E-state index in [1.165, 1.54) is 12.1 Å². The predicted octanol–water partition coefficient (Wildman–Crippen LogP) is 4.96. The molecule has 0 amide bonds. The first-order chi connectivity index (χ1) is 9.42. The van der Waals surface area contributed by atoms with Crippen molar-refractivity contribution in [3.63, 3.8) is 0 Å². The van der Waals surface area contributed by atoms with Gasteiger partial charge in [0, 0.05) is 11.4 Å². The van der Waals surface area contributed by atoms with Gasteiger partial charge >= 0.3 is 5.51 Å². The van der Waals surface area contributed by atoms with Gasteiger partial charge in [-0.25, -0.2) is 4.98 Å². The summed E-state index contributed by atoms with van der Waals surface area (Å²) in [5, 5.41) is 3.43. The third-order valence-electron chi connectivity index (χ3n) is 2.35. The van der Waals surface area contributed by atoms with Gasteiger partial charge in [-0.05, 0) is 41.6 Å². The summed E-state index contributed by atoms with van der Waals surface area (Å²) < 4.78 is 36.5. The van der Waals surface area contributed by atoms with Gasteiger partial charge in [0.25, 0.3) is 0 Å². The zero-order chi connectivity index (χ0) is 14.6. The monoisotopic (exact) mass is 318 g/mol. The van der Waals surface area contributed by atoms with Crippen molar-refractivity contribution in [2.24, 2.45) is 0 Å². The van der Waals surface area contributed by atoms with Crippen molar-refractivity contribution in [3.8, 4) is 0 Å². The van der Waals surface area contributed by atoms with E-state index in [0.29, 0.717) is 17.5 Å². The standard InChI is InChI=1S/C13H10ClF3N2S/c14-11-2-1-3-12(19-11)18-8-9-4-6-10(7-5-9)20-13(15,16)17/h1-7H,8H2,(H,18,19). The van der Waals surface area contributed by atoms with Crippen LogP contribution in [0.2, 0.25) is 5.15 Å². The smallest absolute Gasteiger partial charge is 0.366 e. The molecule has 106 valence electrons. The van der Waals surface area contributed by atoms with E-state index in [2.05, 4.69) is 10.3 Å². The Bertz CT molecular complexity index is 573. The van der Waals surface area contributed by atoms with Crippen LogP contribution in [0.25, 0.3) is 0 Å². The minimum atomic E-state index is -4.26. The molecule has 0 atom stereocenters. The van der Waals surface area contributed by atoms with Gasteiger partial charge in [0.15, 0.2) is 0 Å². The largest absolute Gasteiger partial charge is 0.446 e. The minimum absolute atomic E-state index is 0.124. The summed E-state index contributed by atoms with van der Waals surface area (Å²) in [7, 11) is 0. The van der Waals surface area contributed by atoms with Crippen molar-refractivity contribution in [2.75, 3.05) is 5.32 Å². The molecular weight excluding hydrogens is 309 g/mol. The van der Waals surface area contributed by atoms with Gasteiger partial charge in [-0.1, -0.05) is 29.8 Å². The maximum absolute atomic E-state index is 12.2. The number of nitrogens with zero attached hydrogens (tertiary/aromatic N) is 1. The third-order valence-corrected chi connectivity index (χ3v) is 3.30. The van der Waals surface area contributed by atoms with Crippen LogP contribution in [0.3, 0.4) is 0 Å². The number of thioether (sulfide) groups is 1. The lowest BCUT2D eigenvalue weighted by atomic mass is 10.2. The quantitative estimate of drug-likeness (QED) is 0.637. The van der Waals surface area contributed by atoms with Crippen molar-refractivity contribution in [3.05, 3.63) is 53.2 Å². The molecular formula is C13H10ClF3N2S. The molecule has 2 rings (SSSR count). The first kappa shape index (κ1) is 15.0. The van der Waals surface area contributed by atoms with E-state index in [9.17, 15) is 13.2 Å². The van der Waals surface area contributed by atoms with E-state index in [4.69, 9.17) is 11.6 Å². The molecule has 0 aliphatic heterocycles. The second kappa shape index (κ2) is 6.37. The Morgan fingerprint density at radius 1 is 1.10 bits per heavy atom. The van der Waals surface area contributed by atoms with Crippen molar-refractivity contribution in [1.29, 1.82) is 0 Å². The number of hydrogen-bond acceptors (Lipinski definition) is 3. The van der Waals surface area contributed by atoms with Crippen LogP contribution in [0.1, 0.15) is 5.56 Å². The summed E-state index contributed by atoms with van der Waals surface area (Å²) in [6.07, 6.45) is 0. The summed E-state index contributed by atoms with van der Waals surface area (Å²) in [4.78, 5) is 4.22. The highest BCUT2D eigenvalue weighted by Gasteiger charge is 2.28. The Labute approximate surface area is 123 Å². The van der Waals surface area contributed by atoms with Crippen molar-refractivity contribution in [1.82, 2.24) is 4.98 Å². The Hall–Kier alpha value is -1.40. The van der Waals surface area contributed by atoms with Crippen LogP contribution >= 0.6 is 23.4 Å². The molecule has 7 heteroatoms. The zero-order valence-electron chi connectivity index (χ0n) is 10.1. The molecule has 2 nitrogen and oxygen atoms in total. The topological polar surface area (TPSA) is 24.9 Å². The number of rotatable bonds is 4. The van der Waals surface area contributed by atoms with Crippen LogP contribution in [0.4, 0.5) is 19.0 Å². The second-order valence-corrected chi connectivity index (χ2v) is 5.42.